The van der Waals surface area contributed by atoms with Gasteiger partial charge in [0.05, 0.1) is 11.6 Å². The minimum atomic E-state index is -0.113. The van der Waals surface area contributed by atoms with Crippen molar-refractivity contribution in [2.75, 3.05) is 17.2 Å². The van der Waals surface area contributed by atoms with Gasteiger partial charge in [-0.2, -0.15) is 0 Å². The largest absolute Gasteiger partial charge is 0.376 e. The fourth-order valence-corrected chi connectivity index (χ4v) is 2.01. The van der Waals surface area contributed by atoms with Gasteiger partial charge in [0.15, 0.2) is 0 Å². The molecular formula is C14H12BrClN2O. The molecule has 19 heavy (non-hydrogen) atoms. The summed E-state index contributed by atoms with van der Waals surface area (Å²) in [5, 5.41) is 6.44. The first kappa shape index (κ1) is 13.9. The molecule has 0 radical (unpaired) electrons. The van der Waals surface area contributed by atoms with Gasteiger partial charge in [0.25, 0.3) is 0 Å². The summed E-state index contributed by atoms with van der Waals surface area (Å²) in [7, 11) is 0. The molecule has 0 unspecified atom stereocenters. The van der Waals surface area contributed by atoms with E-state index in [1.54, 1.807) is 18.2 Å². The van der Waals surface area contributed by atoms with Crippen LogP contribution in [-0.4, -0.2) is 12.5 Å². The third kappa shape index (κ3) is 4.26. The van der Waals surface area contributed by atoms with Crippen LogP contribution in [0.2, 0.25) is 5.02 Å². The normalized spacial score (nSPS) is 10.0. The Morgan fingerprint density at radius 3 is 2.53 bits per heavy atom. The van der Waals surface area contributed by atoms with E-state index in [0.717, 1.165) is 10.2 Å². The molecule has 1 amide bonds. The van der Waals surface area contributed by atoms with Crippen LogP contribution in [0.15, 0.2) is 53.0 Å². The van der Waals surface area contributed by atoms with Gasteiger partial charge in [-0.05, 0) is 46.3 Å². The van der Waals surface area contributed by atoms with Crippen LogP contribution in [0.1, 0.15) is 0 Å². The monoisotopic (exact) mass is 338 g/mol. The number of halogens is 2. The van der Waals surface area contributed by atoms with E-state index in [2.05, 4.69) is 26.6 Å². The Hall–Kier alpha value is -1.52. The van der Waals surface area contributed by atoms with Gasteiger partial charge in [-0.1, -0.05) is 29.8 Å². The molecule has 0 aliphatic rings. The summed E-state index contributed by atoms with van der Waals surface area (Å²) in [6.45, 7) is 0.213. The zero-order valence-corrected chi connectivity index (χ0v) is 12.3. The maximum atomic E-state index is 11.8. The number of para-hydroxylation sites is 1. The summed E-state index contributed by atoms with van der Waals surface area (Å²) in [6, 6.07) is 14.8. The van der Waals surface area contributed by atoms with Crippen molar-refractivity contribution in [1.29, 1.82) is 0 Å². The summed E-state index contributed by atoms with van der Waals surface area (Å²) >= 11 is 9.20. The fraction of sp³-hybridized carbons (Fsp3) is 0.0714. The molecule has 0 aliphatic carbocycles. The average Bonchev–Trinajstić information content (AvgIpc) is 2.42. The Morgan fingerprint density at radius 2 is 1.84 bits per heavy atom. The van der Waals surface area contributed by atoms with Gasteiger partial charge in [0.2, 0.25) is 5.91 Å². The first-order valence-electron chi connectivity index (χ1n) is 5.69. The first-order valence-corrected chi connectivity index (χ1v) is 6.86. The highest BCUT2D eigenvalue weighted by Crippen LogP contribution is 2.25. The van der Waals surface area contributed by atoms with Gasteiger partial charge < -0.3 is 10.6 Å². The lowest BCUT2D eigenvalue weighted by Crippen LogP contribution is -2.21. The molecule has 2 N–H and O–H groups in total. The van der Waals surface area contributed by atoms with Crippen molar-refractivity contribution in [2.24, 2.45) is 0 Å². The molecular weight excluding hydrogens is 328 g/mol. The summed E-state index contributed by atoms with van der Waals surface area (Å²) in [4.78, 5) is 11.8. The van der Waals surface area contributed by atoms with E-state index in [1.165, 1.54) is 0 Å². The topological polar surface area (TPSA) is 41.1 Å². The lowest BCUT2D eigenvalue weighted by atomic mass is 10.3. The van der Waals surface area contributed by atoms with Crippen LogP contribution in [0, 0.1) is 0 Å². The molecule has 0 saturated carbocycles. The first-order chi connectivity index (χ1) is 9.15. The maximum Gasteiger partial charge on any atom is 0.243 e. The van der Waals surface area contributed by atoms with Crippen LogP contribution in [0.4, 0.5) is 11.4 Å². The second-order valence-corrected chi connectivity index (χ2v) is 5.16. The summed E-state index contributed by atoms with van der Waals surface area (Å²) in [6.07, 6.45) is 0. The molecule has 98 valence electrons. The summed E-state index contributed by atoms with van der Waals surface area (Å²) in [5.41, 5.74) is 1.62. The Labute approximate surface area is 125 Å². The smallest absolute Gasteiger partial charge is 0.243 e. The Balaban J connectivity index is 1.89. The van der Waals surface area contributed by atoms with Crippen LogP contribution >= 0.6 is 27.5 Å². The zero-order valence-electron chi connectivity index (χ0n) is 9.99. The van der Waals surface area contributed by atoms with Gasteiger partial charge >= 0.3 is 0 Å². The highest BCUT2D eigenvalue weighted by Gasteiger charge is 2.04. The van der Waals surface area contributed by atoms with Crippen molar-refractivity contribution in [2.45, 2.75) is 0 Å². The Bertz CT molecular complexity index is 575. The number of hydrogen-bond acceptors (Lipinski definition) is 2. The summed E-state index contributed by atoms with van der Waals surface area (Å²) < 4.78 is 0.753. The van der Waals surface area contributed by atoms with Gasteiger partial charge in [0.1, 0.15) is 0 Å². The second-order valence-electron chi connectivity index (χ2n) is 3.90. The van der Waals surface area contributed by atoms with Crippen molar-refractivity contribution in [3.05, 3.63) is 58.0 Å². The highest BCUT2D eigenvalue weighted by molar-refractivity contribution is 9.10. The molecule has 0 aromatic heterocycles. The number of benzene rings is 2. The number of carbonyl (C=O) groups is 1. The number of nitrogens with one attached hydrogen (secondary N) is 2. The quantitative estimate of drug-likeness (QED) is 0.878. The lowest BCUT2D eigenvalue weighted by molar-refractivity contribution is -0.114. The SMILES string of the molecule is O=C(CNc1ccccc1)Nc1ccc(Cl)c(Br)c1. The molecule has 2 aromatic carbocycles. The van der Waals surface area contributed by atoms with Gasteiger partial charge in [-0.3, -0.25) is 4.79 Å². The number of carbonyl (C=O) groups excluding carboxylic acids is 1. The van der Waals surface area contributed by atoms with E-state index >= 15 is 0 Å². The van der Waals surface area contributed by atoms with E-state index in [4.69, 9.17) is 11.6 Å². The predicted octanol–water partition coefficient (Wildman–Crippen LogP) is 4.15. The molecule has 0 heterocycles. The number of anilines is 2. The zero-order chi connectivity index (χ0) is 13.7. The maximum absolute atomic E-state index is 11.8. The molecule has 2 rings (SSSR count). The van der Waals surface area contributed by atoms with Crippen LogP contribution in [0.5, 0.6) is 0 Å². The standard InChI is InChI=1S/C14H12BrClN2O/c15-12-8-11(6-7-13(12)16)18-14(19)9-17-10-4-2-1-3-5-10/h1-8,17H,9H2,(H,18,19). The molecule has 0 saturated heterocycles. The van der Waals surface area contributed by atoms with Crippen LogP contribution in [0.3, 0.4) is 0 Å². The highest BCUT2D eigenvalue weighted by atomic mass is 79.9. The third-order valence-electron chi connectivity index (χ3n) is 2.43. The minimum Gasteiger partial charge on any atom is -0.376 e. The molecule has 0 atom stereocenters. The third-order valence-corrected chi connectivity index (χ3v) is 3.64. The van der Waals surface area contributed by atoms with E-state index in [0.29, 0.717) is 10.7 Å². The molecule has 0 bridgehead atoms. The molecule has 2 aromatic rings. The van der Waals surface area contributed by atoms with Crippen LogP contribution < -0.4 is 10.6 Å². The lowest BCUT2D eigenvalue weighted by Gasteiger charge is -2.08. The average molecular weight is 340 g/mol. The number of rotatable bonds is 4. The summed E-state index contributed by atoms with van der Waals surface area (Å²) in [5.74, 6) is -0.113. The predicted molar refractivity (Wildman–Crippen MR) is 82.7 cm³/mol. The van der Waals surface area contributed by atoms with Gasteiger partial charge in [-0.25, -0.2) is 0 Å². The fourth-order valence-electron chi connectivity index (χ4n) is 1.52. The van der Waals surface area contributed by atoms with E-state index < -0.39 is 0 Å². The van der Waals surface area contributed by atoms with Crippen LogP contribution in [-0.2, 0) is 4.79 Å². The van der Waals surface area contributed by atoms with Crippen LogP contribution in [0.25, 0.3) is 0 Å². The van der Waals surface area contributed by atoms with Crippen molar-refractivity contribution in [3.8, 4) is 0 Å². The van der Waals surface area contributed by atoms with Crippen molar-refractivity contribution in [1.82, 2.24) is 0 Å². The van der Waals surface area contributed by atoms with E-state index in [1.807, 2.05) is 30.3 Å². The number of amides is 1. The Morgan fingerprint density at radius 1 is 1.11 bits per heavy atom. The molecule has 0 spiro atoms. The van der Waals surface area contributed by atoms with Crippen molar-refractivity contribution < 1.29 is 4.79 Å². The minimum absolute atomic E-state index is 0.113. The van der Waals surface area contributed by atoms with Gasteiger partial charge in [-0.15, -0.1) is 0 Å². The van der Waals surface area contributed by atoms with E-state index in [9.17, 15) is 4.79 Å². The second kappa shape index (κ2) is 6.59. The molecule has 0 fully saturated rings. The Kier molecular flexibility index (Phi) is 4.82. The van der Waals surface area contributed by atoms with Crippen molar-refractivity contribution in [3.63, 3.8) is 0 Å². The number of hydrogen-bond donors (Lipinski definition) is 2. The van der Waals surface area contributed by atoms with Gasteiger partial charge in [0, 0.05) is 15.8 Å². The molecule has 0 aliphatic heterocycles. The molecule has 5 heteroatoms. The molecule has 3 nitrogen and oxygen atoms in total. The van der Waals surface area contributed by atoms with E-state index in [-0.39, 0.29) is 12.5 Å². The van der Waals surface area contributed by atoms with Crippen molar-refractivity contribution >= 4 is 44.8 Å².